The molecular formula is C12H27N3O. The molecule has 0 aliphatic carbocycles. The van der Waals surface area contributed by atoms with Gasteiger partial charge in [-0.15, -0.1) is 0 Å². The molecule has 1 saturated heterocycles. The van der Waals surface area contributed by atoms with Gasteiger partial charge < -0.3 is 19.9 Å². The summed E-state index contributed by atoms with van der Waals surface area (Å²) in [5.74, 6) is 0.645. The maximum atomic E-state index is 5.55. The molecule has 0 spiro atoms. The van der Waals surface area contributed by atoms with E-state index >= 15 is 0 Å². The van der Waals surface area contributed by atoms with E-state index in [-0.39, 0.29) is 0 Å². The van der Waals surface area contributed by atoms with Gasteiger partial charge in [0.25, 0.3) is 0 Å². The van der Waals surface area contributed by atoms with E-state index in [2.05, 4.69) is 43.2 Å². The third-order valence-electron chi connectivity index (χ3n) is 3.14. The van der Waals surface area contributed by atoms with Gasteiger partial charge in [0.15, 0.2) is 0 Å². The van der Waals surface area contributed by atoms with Gasteiger partial charge >= 0.3 is 0 Å². The highest BCUT2D eigenvalue weighted by molar-refractivity contribution is 4.82. The Kier molecular flexibility index (Phi) is 6.28. The summed E-state index contributed by atoms with van der Waals surface area (Å²) in [6.45, 7) is 8.35. The Morgan fingerprint density at radius 1 is 1.19 bits per heavy atom. The van der Waals surface area contributed by atoms with Crippen LogP contribution in [0.3, 0.4) is 0 Å². The number of hydrogen-bond acceptors (Lipinski definition) is 4. The van der Waals surface area contributed by atoms with Crippen molar-refractivity contribution >= 4 is 0 Å². The zero-order chi connectivity index (χ0) is 12.0. The second-order valence-electron chi connectivity index (χ2n) is 5.03. The first-order chi connectivity index (χ1) is 7.63. The molecular weight excluding hydrogens is 202 g/mol. The van der Waals surface area contributed by atoms with Crippen molar-refractivity contribution < 1.29 is 4.74 Å². The van der Waals surface area contributed by atoms with Crippen LogP contribution in [0.4, 0.5) is 0 Å². The molecule has 4 nitrogen and oxygen atoms in total. The van der Waals surface area contributed by atoms with Crippen molar-refractivity contribution in [1.29, 1.82) is 0 Å². The molecule has 4 heteroatoms. The van der Waals surface area contributed by atoms with E-state index in [1.165, 1.54) is 0 Å². The molecule has 0 aromatic carbocycles. The number of ether oxygens (including phenoxy) is 1. The van der Waals surface area contributed by atoms with E-state index in [4.69, 9.17) is 4.74 Å². The molecule has 0 bridgehead atoms. The van der Waals surface area contributed by atoms with Crippen LogP contribution in [-0.4, -0.2) is 76.4 Å². The van der Waals surface area contributed by atoms with Crippen molar-refractivity contribution in [2.75, 3.05) is 60.5 Å². The smallest absolute Gasteiger partial charge is 0.0623 e. The van der Waals surface area contributed by atoms with Crippen LogP contribution < -0.4 is 5.32 Å². The molecule has 1 aliphatic rings. The molecule has 1 fully saturated rings. The van der Waals surface area contributed by atoms with Crippen molar-refractivity contribution in [2.45, 2.75) is 13.0 Å². The van der Waals surface area contributed by atoms with Gasteiger partial charge in [0, 0.05) is 31.6 Å². The third-order valence-corrected chi connectivity index (χ3v) is 3.14. The third kappa shape index (κ3) is 4.78. The van der Waals surface area contributed by atoms with E-state index in [0.717, 1.165) is 39.4 Å². The minimum absolute atomic E-state index is 0.548. The Balaban J connectivity index is 2.23. The second-order valence-corrected chi connectivity index (χ2v) is 5.03. The van der Waals surface area contributed by atoms with Crippen LogP contribution in [0, 0.1) is 5.92 Å². The lowest BCUT2D eigenvalue weighted by molar-refractivity contribution is 0.171. The fraction of sp³-hybridized carbons (Fsp3) is 1.00. The lowest BCUT2D eigenvalue weighted by Gasteiger charge is -2.25. The summed E-state index contributed by atoms with van der Waals surface area (Å²) in [7, 11) is 6.44. The average molecular weight is 229 g/mol. The molecule has 1 rings (SSSR count). The van der Waals surface area contributed by atoms with E-state index in [0.29, 0.717) is 12.0 Å². The van der Waals surface area contributed by atoms with Crippen LogP contribution in [-0.2, 0) is 4.74 Å². The number of rotatable bonds is 7. The largest absolute Gasteiger partial charge is 0.379 e. The van der Waals surface area contributed by atoms with E-state index in [1.807, 2.05) is 0 Å². The SMILES string of the molecule is CCNC1COCC1CN(C)CCN(C)C. The van der Waals surface area contributed by atoms with Gasteiger partial charge in [-0.05, 0) is 27.7 Å². The van der Waals surface area contributed by atoms with Gasteiger partial charge in [-0.1, -0.05) is 6.92 Å². The van der Waals surface area contributed by atoms with Crippen LogP contribution in [0.1, 0.15) is 6.92 Å². The molecule has 2 unspecified atom stereocenters. The highest BCUT2D eigenvalue weighted by Crippen LogP contribution is 2.14. The summed E-state index contributed by atoms with van der Waals surface area (Å²) >= 11 is 0. The molecule has 0 aromatic rings. The highest BCUT2D eigenvalue weighted by Gasteiger charge is 2.28. The number of nitrogens with one attached hydrogen (secondary N) is 1. The van der Waals surface area contributed by atoms with Crippen LogP contribution in [0.2, 0.25) is 0 Å². The highest BCUT2D eigenvalue weighted by atomic mass is 16.5. The van der Waals surface area contributed by atoms with E-state index < -0.39 is 0 Å². The lowest BCUT2D eigenvalue weighted by atomic mass is 10.0. The van der Waals surface area contributed by atoms with Crippen molar-refractivity contribution in [3.8, 4) is 0 Å². The summed E-state index contributed by atoms with van der Waals surface area (Å²) in [6.07, 6.45) is 0. The summed E-state index contributed by atoms with van der Waals surface area (Å²) in [5, 5.41) is 3.50. The molecule has 1 heterocycles. The molecule has 96 valence electrons. The van der Waals surface area contributed by atoms with Crippen molar-refractivity contribution in [3.63, 3.8) is 0 Å². The lowest BCUT2D eigenvalue weighted by Crippen LogP contribution is -2.41. The molecule has 0 amide bonds. The number of nitrogens with zero attached hydrogens (tertiary/aromatic N) is 2. The molecule has 0 saturated carbocycles. The fourth-order valence-electron chi connectivity index (χ4n) is 2.13. The Labute approximate surface area is 99.9 Å². The average Bonchev–Trinajstić information content (AvgIpc) is 2.63. The molecule has 0 radical (unpaired) electrons. The normalized spacial score (nSPS) is 25.9. The van der Waals surface area contributed by atoms with Crippen LogP contribution in [0.15, 0.2) is 0 Å². The summed E-state index contributed by atoms with van der Waals surface area (Å²) in [6, 6.07) is 0.548. The zero-order valence-corrected chi connectivity index (χ0v) is 11.2. The first kappa shape index (κ1) is 13.9. The second kappa shape index (κ2) is 7.22. The predicted octanol–water partition coefficient (Wildman–Crippen LogP) is 0.104. The number of likely N-dealkylation sites (N-methyl/N-ethyl adjacent to an activating group) is 3. The Morgan fingerprint density at radius 3 is 2.56 bits per heavy atom. The molecule has 1 aliphatic heterocycles. The van der Waals surface area contributed by atoms with Gasteiger partial charge in [-0.25, -0.2) is 0 Å². The van der Waals surface area contributed by atoms with Crippen LogP contribution in [0.25, 0.3) is 0 Å². The number of hydrogen-bond donors (Lipinski definition) is 1. The monoisotopic (exact) mass is 229 g/mol. The Bertz CT molecular complexity index is 187. The molecule has 0 aromatic heterocycles. The maximum Gasteiger partial charge on any atom is 0.0623 e. The van der Waals surface area contributed by atoms with Crippen molar-refractivity contribution in [3.05, 3.63) is 0 Å². The predicted molar refractivity (Wildman–Crippen MR) is 67.8 cm³/mol. The van der Waals surface area contributed by atoms with E-state index in [9.17, 15) is 0 Å². The molecule has 2 atom stereocenters. The Hall–Kier alpha value is -0.160. The fourth-order valence-corrected chi connectivity index (χ4v) is 2.13. The maximum absolute atomic E-state index is 5.55. The van der Waals surface area contributed by atoms with E-state index in [1.54, 1.807) is 0 Å². The summed E-state index contributed by atoms with van der Waals surface area (Å²) in [5.41, 5.74) is 0. The van der Waals surface area contributed by atoms with Crippen molar-refractivity contribution in [1.82, 2.24) is 15.1 Å². The van der Waals surface area contributed by atoms with Crippen molar-refractivity contribution in [2.24, 2.45) is 5.92 Å². The summed E-state index contributed by atoms with van der Waals surface area (Å²) < 4.78 is 5.55. The minimum atomic E-state index is 0.548. The van der Waals surface area contributed by atoms with Crippen LogP contribution in [0.5, 0.6) is 0 Å². The summed E-state index contributed by atoms with van der Waals surface area (Å²) in [4.78, 5) is 4.63. The topological polar surface area (TPSA) is 27.7 Å². The molecule has 1 N–H and O–H groups in total. The van der Waals surface area contributed by atoms with Crippen LogP contribution >= 0.6 is 0 Å². The minimum Gasteiger partial charge on any atom is -0.379 e. The first-order valence-corrected chi connectivity index (χ1v) is 6.28. The van der Waals surface area contributed by atoms with Gasteiger partial charge in [0.1, 0.15) is 0 Å². The van der Waals surface area contributed by atoms with Gasteiger partial charge in [0.05, 0.1) is 13.2 Å². The molecule has 16 heavy (non-hydrogen) atoms. The zero-order valence-electron chi connectivity index (χ0n) is 11.2. The van der Waals surface area contributed by atoms with Gasteiger partial charge in [0.2, 0.25) is 0 Å². The van der Waals surface area contributed by atoms with Gasteiger partial charge in [-0.3, -0.25) is 0 Å². The first-order valence-electron chi connectivity index (χ1n) is 6.28. The Morgan fingerprint density at radius 2 is 1.94 bits per heavy atom. The quantitative estimate of drug-likeness (QED) is 0.670. The van der Waals surface area contributed by atoms with Gasteiger partial charge in [-0.2, -0.15) is 0 Å². The standard InChI is InChI=1S/C12H27N3O/c1-5-13-12-10-16-9-11(12)8-15(4)7-6-14(2)3/h11-13H,5-10H2,1-4H3.